The molecule has 0 spiro atoms. The number of rotatable bonds is 11. The lowest BCUT2D eigenvalue weighted by Crippen LogP contribution is -2.39. The second-order valence-electron chi connectivity index (χ2n) is 9.66. The van der Waals surface area contributed by atoms with E-state index in [0.29, 0.717) is 5.75 Å². The number of benzene rings is 2. The summed E-state index contributed by atoms with van der Waals surface area (Å²) < 4.78 is 37.9. The molecule has 13 nitrogen and oxygen atoms in total. The van der Waals surface area contributed by atoms with E-state index in [4.69, 9.17) is 24.3 Å². The first-order valence-corrected chi connectivity index (χ1v) is 13.7. The Morgan fingerprint density at radius 2 is 1.92 bits per heavy atom. The Labute approximate surface area is 224 Å². The maximum atomic E-state index is 13.9. The summed E-state index contributed by atoms with van der Waals surface area (Å²) in [6.45, 7) is 6.54. The van der Waals surface area contributed by atoms with Crippen molar-refractivity contribution < 1.29 is 27.9 Å². The Hall–Kier alpha value is -3.77. The first-order chi connectivity index (χ1) is 18.4. The number of aromatic nitrogens is 4. The number of hydrogen-bond acceptors (Lipinski definition) is 10. The van der Waals surface area contributed by atoms with Gasteiger partial charge in [0.15, 0.2) is 11.2 Å². The molecule has 0 bridgehead atoms. The first-order valence-electron chi connectivity index (χ1n) is 12.1. The summed E-state index contributed by atoms with van der Waals surface area (Å²) in [6, 6.07) is 11.8. The normalized spacial score (nSPS) is 14.3. The maximum absolute atomic E-state index is 13.9. The number of aromatic amines is 1. The van der Waals surface area contributed by atoms with Gasteiger partial charge in [0.25, 0.3) is 5.56 Å². The third-order valence-corrected chi connectivity index (χ3v) is 6.96. The molecule has 0 fully saturated rings. The van der Waals surface area contributed by atoms with E-state index in [-0.39, 0.29) is 37.1 Å². The molecule has 0 amide bonds. The molecule has 0 aliphatic carbocycles. The van der Waals surface area contributed by atoms with Gasteiger partial charge in [0.05, 0.1) is 19.5 Å². The van der Waals surface area contributed by atoms with Crippen LogP contribution in [0.4, 0.5) is 5.95 Å². The van der Waals surface area contributed by atoms with Gasteiger partial charge >= 0.3 is 13.7 Å². The molecule has 0 aliphatic rings. The highest BCUT2D eigenvalue weighted by atomic mass is 31.2. The molecule has 2 aromatic carbocycles. The van der Waals surface area contributed by atoms with E-state index in [0.717, 1.165) is 10.8 Å². The first kappa shape index (κ1) is 28.2. The highest BCUT2D eigenvalue weighted by Crippen LogP contribution is 2.46. The van der Waals surface area contributed by atoms with Crippen LogP contribution in [0.5, 0.6) is 5.75 Å². The van der Waals surface area contributed by atoms with E-state index >= 15 is 0 Å². The van der Waals surface area contributed by atoms with E-state index in [1.165, 1.54) is 17.8 Å². The van der Waals surface area contributed by atoms with Gasteiger partial charge in [0.2, 0.25) is 5.95 Å². The zero-order chi connectivity index (χ0) is 28.2. The Balaban J connectivity index is 1.45. The third kappa shape index (κ3) is 7.21. The predicted molar refractivity (Wildman–Crippen MR) is 145 cm³/mol. The van der Waals surface area contributed by atoms with Crippen LogP contribution in [-0.4, -0.2) is 50.3 Å². The number of anilines is 1. The number of H-pyrrole nitrogens is 1. The Morgan fingerprint density at radius 1 is 1.18 bits per heavy atom. The molecule has 39 heavy (non-hydrogen) atoms. The second-order valence-corrected chi connectivity index (χ2v) is 11.4. The zero-order valence-corrected chi connectivity index (χ0v) is 22.9. The molecule has 4 N–H and O–H groups in total. The number of nitrogens with zero attached hydrogens (tertiary/aromatic N) is 3. The minimum absolute atomic E-state index is 0.0102. The number of imidazole rings is 1. The molecule has 2 atom stereocenters. The maximum Gasteiger partial charge on any atom is 0.459 e. The van der Waals surface area contributed by atoms with Gasteiger partial charge in [-0.05, 0) is 39.1 Å². The van der Waals surface area contributed by atoms with Gasteiger partial charge in [-0.25, -0.2) is 9.55 Å². The summed E-state index contributed by atoms with van der Waals surface area (Å²) in [5, 5.41) is 4.28. The molecule has 4 aromatic rings. The van der Waals surface area contributed by atoms with E-state index in [2.05, 4.69) is 20.0 Å². The molecule has 14 heteroatoms. The molecular weight excluding hydrogens is 527 g/mol. The number of nitrogen functional groups attached to an aromatic ring is 1. The largest absolute Gasteiger partial charge is 0.459 e. The lowest BCUT2D eigenvalue weighted by Gasteiger charge is -2.26. The average molecular weight is 559 g/mol. The van der Waals surface area contributed by atoms with Crippen molar-refractivity contribution in [3.63, 3.8) is 0 Å². The van der Waals surface area contributed by atoms with Gasteiger partial charge in [-0.15, -0.1) is 0 Å². The van der Waals surface area contributed by atoms with Crippen LogP contribution in [0.25, 0.3) is 21.9 Å². The fourth-order valence-electron chi connectivity index (χ4n) is 3.62. The van der Waals surface area contributed by atoms with Crippen LogP contribution >= 0.6 is 7.75 Å². The third-order valence-electron chi connectivity index (χ3n) is 5.29. The van der Waals surface area contributed by atoms with Crippen LogP contribution in [-0.2, 0) is 30.1 Å². The highest BCUT2D eigenvalue weighted by molar-refractivity contribution is 7.52. The van der Waals surface area contributed by atoms with E-state index < -0.39 is 30.9 Å². The fraction of sp³-hybridized carbons (Fsp3) is 0.360. The van der Waals surface area contributed by atoms with Crippen molar-refractivity contribution in [2.24, 2.45) is 0 Å². The van der Waals surface area contributed by atoms with Crippen LogP contribution in [0, 0.1) is 0 Å². The zero-order valence-electron chi connectivity index (χ0n) is 22.0. The summed E-state index contributed by atoms with van der Waals surface area (Å²) in [4.78, 5) is 35.0. The Bertz CT molecular complexity index is 1570. The van der Waals surface area contributed by atoms with Gasteiger partial charge in [-0.3, -0.25) is 23.7 Å². The van der Waals surface area contributed by atoms with Crippen LogP contribution in [0.1, 0.15) is 27.7 Å². The lowest BCUT2D eigenvalue weighted by molar-refractivity contribution is -0.156. The molecule has 0 radical (unpaired) electrons. The monoisotopic (exact) mass is 558 g/mol. The van der Waals surface area contributed by atoms with Crippen molar-refractivity contribution in [2.45, 2.75) is 46.1 Å². The minimum atomic E-state index is -4.10. The number of hydrogen-bond donors (Lipinski definition) is 3. The SMILES string of the molecule is C[C@H](NP(=O)(OCCOCn1cnc2c(=O)[nH]c(N)nc21)Oc1cccc2ccccc12)C(=O)OC(C)(C)C. The predicted octanol–water partition coefficient (Wildman–Crippen LogP) is 3.35. The van der Waals surface area contributed by atoms with E-state index in [9.17, 15) is 14.2 Å². The topological polar surface area (TPSA) is 173 Å². The number of esters is 1. The molecule has 2 heterocycles. The summed E-state index contributed by atoms with van der Waals surface area (Å²) in [7, 11) is -4.10. The van der Waals surface area contributed by atoms with Crippen LogP contribution < -0.4 is 20.9 Å². The number of carbonyl (C=O) groups is 1. The molecule has 2 aromatic heterocycles. The molecule has 0 aliphatic heterocycles. The van der Waals surface area contributed by atoms with Gasteiger partial charge in [-0.2, -0.15) is 10.1 Å². The number of carbonyl (C=O) groups excluding carboxylic acids is 1. The van der Waals surface area contributed by atoms with Gasteiger partial charge in [0.1, 0.15) is 24.1 Å². The molecule has 0 saturated heterocycles. The van der Waals surface area contributed by atoms with Crippen molar-refractivity contribution in [3.05, 3.63) is 59.1 Å². The Kier molecular flexibility index (Phi) is 8.36. The number of nitrogens with two attached hydrogens (primary N) is 1. The van der Waals surface area contributed by atoms with Crippen LogP contribution in [0.3, 0.4) is 0 Å². The standard InChI is InChI=1S/C25H31N6O7P/c1-16(23(33)37-25(2,3)4)30-39(34,38-19-11-7-9-17-8-5-6-10-18(17)19)36-13-12-35-15-31-14-27-20-21(31)28-24(26)29-22(20)32/h5-11,14,16H,12-13,15H2,1-4H3,(H,30,34)(H3,26,28,29,32)/t16-,39?/m0/s1. The van der Waals surface area contributed by atoms with Gasteiger partial charge in [-0.1, -0.05) is 36.4 Å². The van der Waals surface area contributed by atoms with Gasteiger partial charge in [0, 0.05) is 5.39 Å². The number of nitrogens with one attached hydrogen (secondary N) is 2. The van der Waals surface area contributed by atoms with Crippen LogP contribution in [0.2, 0.25) is 0 Å². The quantitative estimate of drug-likeness (QED) is 0.140. The van der Waals surface area contributed by atoms with Crippen molar-refractivity contribution in [1.29, 1.82) is 0 Å². The molecule has 0 saturated carbocycles. The molecule has 4 rings (SSSR count). The molecule has 1 unspecified atom stereocenters. The summed E-state index contributed by atoms with van der Waals surface area (Å²) >= 11 is 0. The molecular formula is C25H31N6O7P. The summed E-state index contributed by atoms with van der Waals surface area (Å²) in [5.74, 6) is -0.341. The fourth-order valence-corrected chi connectivity index (χ4v) is 5.11. The number of fused-ring (bicyclic) bond motifs is 2. The van der Waals surface area contributed by atoms with E-state index in [1.807, 2.05) is 30.3 Å². The summed E-state index contributed by atoms with van der Waals surface area (Å²) in [5.41, 5.74) is 4.80. The number of ether oxygens (including phenoxy) is 2. The van der Waals surface area contributed by atoms with Crippen molar-refractivity contribution in [1.82, 2.24) is 24.6 Å². The van der Waals surface area contributed by atoms with Gasteiger partial charge < -0.3 is 19.7 Å². The minimum Gasteiger partial charge on any atom is -0.459 e. The van der Waals surface area contributed by atoms with Crippen molar-refractivity contribution >= 4 is 41.6 Å². The average Bonchev–Trinajstić information content (AvgIpc) is 3.26. The Morgan fingerprint density at radius 3 is 2.69 bits per heavy atom. The van der Waals surface area contributed by atoms with Crippen LogP contribution in [0.15, 0.2) is 53.6 Å². The second kappa shape index (κ2) is 11.5. The highest BCUT2D eigenvalue weighted by Gasteiger charge is 2.34. The van der Waals surface area contributed by atoms with E-state index in [1.54, 1.807) is 32.9 Å². The smallest absolute Gasteiger partial charge is 0.459 e. The van der Waals surface area contributed by atoms with Crippen molar-refractivity contribution in [3.8, 4) is 5.75 Å². The lowest BCUT2D eigenvalue weighted by atomic mass is 10.1. The molecule has 208 valence electrons. The van der Waals surface area contributed by atoms with Crippen molar-refractivity contribution in [2.75, 3.05) is 18.9 Å². The summed E-state index contributed by atoms with van der Waals surface area (Å²) in [6.07, 6.45) is 1.39.